The van der Waals surface area contributed by atoms with Gasteiger partial charge in [-0.1, -0.05) is 0 Å². The molecule has 0 aliphatic rings. The van der Waals surface area contributed by atoms with Gasteiger partial charge in [-0.2, -0.15) is 4.68 Å². The lowest BCUT2D eigenvalue weighted by atomic mass is 10.3. The molecule has 0 unspecified atom stereocenters. The van der Waals surface area contributed by atoms with E-state index in [4.69, 9.17) is 0 Å². The van der Waals surface area contributed by atoms with Crippen molar-refractivity contribution in [1.29, 1.82) is 0 Å². The number of nitro groups is 1. The number of aromatic nitrogens is 2. The van der Waals surface area contributed by atoms with Crippen molar-refractivity contribution in [1.82, 2.24) is 15.1 Å². The van der Waals surface area contributed by atoms with Crippen molar-refractivity contribution in [3.63, 3.8) is 0 Å². The van der Waals surface area contributed by atoms with Crippen molar-refractivity contribution in [2.75, 3.05) is 7.05 Å². The minimum absolute atomic E-state index is 0.0936. The van der Waals surface area contributed by atoms with Gasteiger partial charge in [0.1, 0.15) is 0 Å². The van der Waals surface area contributed by atoms with Crippen LogP contribution in [0.1, 0.15) is 25.6 Å². The second-order valence-corrected chi connectivity index (χ2v) is 3.32. The molecule has 0 spiro atoms. The van der Waals surface area contributed by atoms with Crippen molar-refractivity contribution in [3.05, 3.63) is 21.9 Å². The fourth-order valence-corrected chi connectivity index (χ4v) is 1.27. The highest BCUT2D eigenvalue weighted by molar-refractivity contribution is 5.22. The molecule has 6 heteroatoms. The van der Waals surface area contributed by atoms with Gasteiger partial charge >= 0.3 is 5.82 Å². The third-order valence-electron chi connectivity index (χ3n) is 1.83. The molecule has 0 radical (unpaired) electrons. The van der Waals surface area contributed by atoms with E-state index in [2.05, 4.69) is 10.4 Å². The first-order chi connectivity index (χ1) is 6.56. The SMILES string of the molecule is CNCc1cc([N+](=O)[O-])nn1C(C)C. The molecule has 0 saturated heterocycles. The molecule has 6 nitrogen and oxygen atoms in total. The standard InChI is InChI=1S/C8H14N4O2/c1-6(2)11-7(5-9-3)4-8(10-11)12(13)14/h4,6,9H,5H2,1-3H3. The van der Waals surface area contributed by atoms with Crippen LogP contribution in [0.2, 0.25) is 0 Å². The van der Waals surface area contributed by atoms with Crippen LogP contribution in [0.4, 0.5) is 5.82 Å². The Morgan fingerprint density at radius 3 is 2.79 bits per heavy atom. The number of hydrogen-bond acceptors (Lipinski definition) is 4. The van der Waals surface area contributed by atoms with Crippen molar-refractivity contribution in [2.24, 2.45) is 0 Å². The number of nitrogens with one attached hydrogen (secondary N) is 1. The van der Waals surface area contributed by atoms with Gasteiger partial charge < -0.3 is 15.4 Å². The fourth-order valence-electron chi connectivity index (χ4n) is 1.27. The molecule has 0 aromatic carbocycles. The summed E-state index contributed by atoms with van der Waals surface area (Å²) in [5.41, 5.74) is 0.828. The van der Waals surface area contributed by atoms with E-state index in [9.17, 15) is 10.1 Å². The fraction of sp³-hybridized carbons (Fsp3) is 0.625. The van der Waals surface area contributed by atoms with E-state index in [1.807, 2.05) is 13.8 Å². The molecule has 1 aromatic heterocycles. The van der Waals surface area contributed by atoms with Gasteiger partial charge in [0.2, 0.25) is 0 Å². The molecule has 0 fully saturated rings. The van der Waals surface area contributed by atoms with Crippen LogP contribution >= 0.6 is 0 Å². The minimum Gasteiger partial charge on any atom is -0.358 e. The lowest BCUT2D eigenvalue weighted by molar-refractivity contribution is -0.389. The van der Waals surface area contributed by atoms with E-state index >= 15 is 0 Å². The lowest BCUT2D eigenvalue weighted by Crippen LogP contribution is -2.13. The summed E-state index contributed by atoms with van der Waals surface area (Å²) >= 11 is 0. The Kier molecular flexibility index (Phi) is 3.19. The van der Waals surface area contributed by atoms with E-state index in [1.54, 1.807) is 11.7 Å². The molecule has 0 aliphatic carbocycles. The Balaban J connectivity index is 3.05. The summed E-state index contributed by atoms with van der Waals surface area (Å²) in [5.74, 6) is -0.0936. The van der Waals surface area contributed by atoms with Crippen LogP contribution in [0.3, 0.4) is 0 Å². The average Bonchev–Trinajstić information content (AvgIpc) is 2.49. The maximum atomic E-state index is 10.5. The molecule has 0 saturated carbocycles. The molecule has 1 rings (SSSR count). The Hall–Kier alpha value is -1.43. The summed E-state index contributed by atoms with van der Waals surface area (Å²) in [6.07, 6.45) is 0. The molecule has 78 valence electrons. The van der Waals surface area contributed by atoms with Gasteiger partial charge in [0.25, 0.3) is 0 Å². The highest BCUT2D eigenvalue weighted by Gasteiger charge is 2.18. The first-order valence-corrected chi connectivity index (χ1v) is 4.43. The molecule has 0 amide bonds. The Bertz CT molecular complexity index is 332. The van der Waals surface area contributed by atoms with Crippen LogP contribution in [0.15, 0.2) is 6.07 Å². The number of rotatable bonds is 4. The quantitative estimate of drug-likeness (QED) is 0.580. The van der Waals surface area contributed by atoms with Crippen LogP contribution in [0, 0.1) is 10.1 Å². The zero-order valence-electron chi connectivity index (χ0n) is 8.52. The third-order valence-corrected chi connectivity index (χ3v) is 1.83. The van der Waals surface area contributed by atoms with Gasteiger partial charge in [0.15, 0.2) is 0 Å². The largest absolute Gasteiger partial charge is 0.390 e. The molecule has 0 bridgehead atoms. The van der Waals surface area contributed by atoms with Crippen LogP contribution in [0.5, 0.6) is 0 Å². The first-order valence-electron chi connectivity index (χ1n) is 4.43. The lowest BCUT2D eigenvalue weighted by Gasteiger charge is -2.04. The predicted octanol–water partition coefficient (Wildman–Crippen LogP) is 1.09. The summed E-state index contributed by atoms with van der Waals surface area (Å²) in [6.45, 7) is 4.46. The predicted molar refractivity (Wildman–Crippen MR) is 52.0 cm³/mol. The second kappa shape index (κ2) is 4.19. The molecule has 0 atom stereocenters. The normalized spacial score (nSPS) is 10.9. The van der Waals surface area contributed by atoms with E-state index < -0.39 is 4.92 Å². The summed E-state index contributed by atoms with van der Waals surface area (Å²) in [5, 5.41) is 17.4. The van der Waals surface area contributed by atoms with Gasteiger partial charge in [-0.25, -0.2) is 0 Å². The molecule has 1 heterocycles. The van der Waals surface area contributed by atoms with Crippen molar-refractivity contribution >= 4 is 5.82 Å². The Morgan fingerprint density at radius 2 is 2.36 bits per heavy atom. The molecule has 1 N–H and O–H groups in total. The minimum atomic E-state index is -0.474. The zero-order chi connectivity index (χ0) is 10.7. The second-order valence-electron chi connectivity index (χ2n) is 3.32. The summed E-state index contributed by atoms with van der Waals surface area (Å²) in [7, 11) is 1.80. The first kappa shape index (κ1) is 10.6. The van der Waals surface area contributed by atoms with Crippen LogP contribution in [-0.4, -0.2) is 21.8 Å². The third kappa shape index (κ3) is 2.08. The van der Waals surface area contributed by atoms with Crippen molar-refractivity contribution in [2.45, 2.75) is 26.4 Å². The summed E-state index contributed by atoms with van der Waals surface area (Å²) in [6, 6.07) is 1.63. The summed E-state index contributed by atoms with van der Waals surface area (Å²) in [4.78, 5) is 10.0. The number of nitrogens with zero attached hydrogens (tertiary/aromatic N) is 3. The number of hydrogen-bond donors (Lipinski definition) is 1. The molecular weight excluding hydrogens is 184 g/mol. The molecular formula is C8H14N4O2. The molecule has 14 heavy (non-hydrogen) atoms. The van der Waals surface area contributed by atoms with Gasteiger partial charge in [-0.15, -0.1) is 0 Å². The Labute approximate surface area is 82.1 Å². The van der Waals surface area contributed by atoms with Crippen molar-refractivity contribution in [3.8, 4) is 0 Å². The van der Waals surface area contributed by atoms with E-state index in [0.717, 1.165) is 5.69 Å². The highest BCUT2D eigenvalue weighted by Crippen LogP contribution is 2.16. The van der Waals surface area contributed by atoms with E-state index in [0.29, 0.717) is 6.54 Å². The zero-order valence-corrected chi connectivity index (χ0v) is 8.52. The van der Waals surface area contributed by atoms with Crippen LogP contribution in [0.25, 0.3) is 0 Å². The Morgan fingerprint density at radius 1 is 1.71 bits per heavy atom. The van der Waals surface area contributed by atoms with E-state index in [-0.39, 0.29) is 11.9 Å². The average molecular weight is 198 g/mol. The molecule has 0 aliphatic heterocycles. The topological polar surface area (TPSA) is 73.0 Å². The van der Waals surface area contributed by atoms with Gasteiger partial charge in [0, 0.05) is 6.54 Å². The van der Waals surface area contributed by atoms with Crippen LogP contribution < -0.4 is 5.32 Å². The van der Waals surface area contributed by atoms with Gasteiger partial charge in [-0.3, -0.25) is 0 Å². The maximum absolute atomic E-state index is 10.5. The van der Waals surface area contributed by atoms with Crippen molar-refractivity contribution < 1.29 is 4.92 Å². The molecule has 1 aromatic rings. The van der Waals surface area contributed by atoms with Gasteiger partial charge in [-0.05, 0) is 25.8 Å². The summed E-state index contributed by atoms with van der Waals surface area (Å²) < 4.78 is 1.66. The smallest absolute Gasteiger partial charge is 0.358 e. The van der Waals surface area contributed by atoms with Crippen LogP contribution in [-0.2, 0) is 6.54 Å². The highest BCUT2D eigenvalue weighted by atomic mass is 16.6. The van der Waals surface area contributed by atoms with E-state index in [1.165, 1.54) is 6.07 Å². The maximum Gasteiger partial charge on any atom is 0.390 e. The van der Waals surface area contributed by atoms with Gasteiger partial charge in [0.05, 0.1) is 22.9 Å². The monoisotopic (exact) mass is 198 g/mol.